The summed E-state index contributed by atoms with van der Waals surface area (Å²) in [5.74, 6) is 1.16. The largest absolute Gasteiger partial charge is 0.385 e. The van der Waals surface area contributed by atoms with Gasteiger partial charge in [0.2, 0.25) is 11.8 Å². The molecule has 6 heteroatoms. The fraction of sp³-hybridized carbons (Fsp3) is 0.882. The minimum Gasteiger partial charge on any atom is -0.385 e. The van der Waals surface area contributed by atoms with Gasteiger partial charge in [-0.05, 0) is 38.6 Å². The highest BCUT2D eigenvalue weighted by molar-refractivity contribution is 5.83. The molecule has 0 saturated carbocycles. The van der Waals surface area contributed by atoms with Crippen LogP contribution in [0.2, 0.25) is 0 Å². The van der Waals surface area contributed by atoms with E-state index in [0.717, 1.165) is 19.5 Å². The van der Waals surface area contributed by atoms with Crippen molar-refractivity contribution >= 4 is 11.8 Å². The second-order valence-corrected chi connectivity index (χ2v) is 6.98. The summed E-state index contributed by atoms with van der Waals surface area (Å²) < 4.78 is 4.95. The van der Waals surface area contributed by atoms with Crippen molar-refractivity contribution in [1.82, 2.24) is 15.1 Å². The standard InChI is InChI=1S/C17H33N3O3/c1-13-9-14(2)11-20(10-13)17(22)15(3)19(4)12-16(21)18-7-6-8-23-5/h13-15H,6-12H2,1-5H3,(H,18,21). The van der Waals surface area contributed by atoms with E-state index < -0.39 is 0 Å². The molecule has 1 aliphatic rings. The number of likely N-dealkylation sites (tertiary alicyclic amines) is 1. The van der Waals surface area contributed by atoms with Crippen LogP contribution in [0.15, 0.2) is 0 Å². The lowest BCUT2D eigenvalue weighted by molar-refractivity contribution is -0.139. The summed E-state index contributed by atoms with van der Waals surface area (Å²) in [5.41, 5.74) is 0. The van der Waals surface area contributed by atoms with Crippen molar-refractivity contribution in [2.24, 2.45) is 11.8 Å². The number of amides is 2. The van der Waals surface area contributed by atoms with Crippen LogP contribution >= 0.6 is 0 Å². The molecule has 3 unspecified atom stereocenters. The molecule has 3 atom stereocenters. The third-order valence-corrected chi connectivity index (χ3v) is 4.44. The third-order valence-electron chi connectivity index (χ3n) is 4.44. The zero-order valence-electron chi connectivity index (χ0n) is 15.3. The SMILES string of the molecule is COCCCNC(=O)CN(C)C(C)C(=O)N1CC(C)CC(C)C1. The lowest BCUT2D eigenvalue weighted by Crippen LogP contribution is -2.52. The molecule has 1 rings (SSSR count). The van der Waals surface area contributed by atoms with E-state index in [9.17, 15) is 9.59 Å². The Labute approximate surface area is 140 Å². The number of carbonyl (C=O) groups excluding carboxylic acids is 2. The van der Waals surface area contributed by atoms with Crippen LogP contribution in [-0.4, -0.2) is 74.6 Å². The second kappa shape index (κ2) is 9.88. The average Bonchev–Trinajstić information content (AvgIpc) is 2.49. The lowest BCUT2D eigenvalue weighted by Gasteiger charge is -2.38. The highest BCUT2D eigenvalue weighted by atomic mass is 16.5. The van der Waals surface area contributed by atoms with E-state index in [1.165, 1.54) is 6.42 Å². The summed E-state index contributed by atoms with van der Waals surface area (Å²) in [4.78, 5) is 28.3. The number of carbonyl (C=O) groups is 2. The van der Waals surface area contributed by atoms with Gasteiger partial charge in [-0.2, -0.15) is 0 Å². The zero-order chi connectivity index (χ0) is 17.4. The first-order chi connectivity index (χ1) is 10.8. The van der Waals surface area contributed by atoms with Crippen molar-refractivity contribution in [1.29, 1.82) is 0 Å². The van der Waals surface area contributed by atoms with Crippen molar-refractivity contribution in [2.75, 3.05) is 46.9 Å². The minimum atomic E-state index is -0.280. The first-order valence-corrected chi connectivity index (χ1v) is 8.59. The Morgan fingerprint density at radius 3 is 2.48 bits per heavy atom. The van der Waals surface area contributed by atoms with Crippen LogP contribution < -0.4 is 5.32 Å². The highest BCUT2D eigenvalue weighted by Crippen LogP contribution is 2.21. The van der Waals surface area contributed by atoms with Crippen LogP contribution in [-0.2, 0) is 14.3 Å². The van der Waals surface area contributed by atoms with Crippen molar-refractivity contribution in [3.05, 3.63) is 0 Å². The molecule has 0 aromatic carbocycles. The molecule has 1 fully saturated rings. The van der Waals surface area contributed by atoms with Gasteiger partial charge < -0.3 is 15.0 Å². The average molecular weight is 327 g/mol. The molecule has 1 N–H and O–H groups in total. The first kappa shape index (κ1) is 19.9. The summed E-state index contributed by atoms with van der Waals surface area (Å²) in [5, 5.41) is 2.85. The van der Waals surface area contributed by atoms with Crippen molar-refractivity contribution in [3.8, 4) is 0 Å². The van der Waals surface area contributed by atoms with Gasteiger partial charge in [-0.3, -0.25) is 14.5 Å². The van der Waals surface area contributed by atoms with Gasteiger partial charge in [0.1, 0.15) is 0 Å². The van der Waals surface area contributed by atoms with Gasteiger partial charge in [0.15, 0.2) is 0 Å². The number of hydrogen-bond acceptors (Lipinski definition) is 4. The van der Waals surface area contributed by atoms with E-state index in [1.54, 1.807) is 7.11 Å². The van der Waals surface area contributed by atoms with Gasteiger partial charge in [-0.25, -0.2) is 0 Å². The van der Waals surface area contributed by atoms with Crippen molar-refractivity contribution < 1.29 is 14.3 Å². The summed E-state index contributed by atoms with van der Waals surface area (Å²) in [6, 6.07) is -0.280. The molecule has 0 aromatic rings. The Kier molecular flexibility index (Phi) is 8.55. The molecule has 1 saturated heterocycles. The van der Waals surface area contributed by atoms with Crippen LogP contribution in [0, 0.1) is 11.8 Å². The van der Waals surface area contributed by atoms with Crippen LogP contribution in [0.3, 0.4) is 0 Å². The molecule has 1 heterocycles. The van der Waals surface area contributed by atoms with E-state index in [2.05, 4.69) is 19.2 Å². The van der Waals surface area contributed by atoms with E-state index in [-0.39, 0.29) is 24.4 Å². The molecule has 23 heavy (non-hydrogen) atoms. The summed E-state index contributed by atoms with van der Waals surface area (Å²) >= 11 is 0. The predicted molar refractivity (Wildman–Crippen MR) is 91.1 cm³/mol. The number of nitrogens with one attached hydrogen (secondary N) is 1. The number of methoxy groups -OCH3 is 1. The van der Waals surface area contributed by atoms with Gasteiger partial charge in [-0.1, -0.05) is 13.8 Å². The van der Waals surface area contributed by atoms with Crippen LogP contribution in [0.5, 0.6) is 0 Å². The Morgan fingerprint density at radius 2 is 1.91 bits per heavy atom. The maximum atomic E-state index is 12.6. The second-order valence-electron chi connectivity index (χ2n) is 6.98. The van der Waals surface area contributed by atoms with E-state index in [1.807, 2.05) is 23.8 Å². The number of piperidine rings is 1. The van der Waals surface area contributed by atoms with Crippen molar-refractivity contribution in [2.45, 2.75) is 39.7 Å². The third kappa shape index (κ3) is 6.87. The van der Waals surface area contributed by atoms with Crippen LogP contribution in [0.4, 0.5) is 0 Å². The Morgan fingerprint density at radius 1 is 1.30 bits per heavy atom. The summed E-state index contributed by atoms with van der Waals surface area (Å²) in [7, 11) is 3.47. The molecular formula is C17H33N3O3. The predicted octanol–water partition coefficient (Wildman–Crippen LogP) is 0.964. The maximum Gasteiger partial charge on any atom is 0.239 e. The molecule has 0 radical (unpaired) electrons. The first-order valence-electron chi connectivity index (χ1n) is 8.59. The van der Waals surface area contributed by atoms with Gasteiger partial charge in [0.05, 0.1) is 12.6 Å². The molecule has 6 nitrogen and oxygen atoms in total. The number of likely N-dealkylation sites (N-methyl/N-ethyl adjacent to an activating group) is 1. The smallest absolute Gasteiger partial charge is 0.239 e. The lowest BCUT2D eigenvalue weighted by atomic mass is 9.91. The fourth-order valence-electron chi connectivity index (χ4n) is 3.16. The topological polar surface area (TPSA) is 61.9 Å². The zero-order valence-corrected chi connectivity index (χ0v) is 15.3. The van der Waals surface area contributed by atoms with E-state index >= 15 is 0 Å². The quantitative estimate of drug-likeness (QED) is 0.675. The molecule has 0 aromatic heterocycles. The maximum absolute atomic E-state index is 12.6. The number of hydrogen-bond donors (Lipinski definition) is 1. The molecule has 134 valence electrons. The molecule has 1 aliphatic heterocycles. The van der Waals surface area contributed by atoms with Crippen LogP contribution in [0.1, 0.15) is 33.6 Å². The van der Waals surface area contributed by atoms with Crippen LogP contribution in [0.25, 0.3) is 0 Å². The van der Waals surface area contributed by atoms with E-state index in [0.29, 0.717) is 25.0 Å². The highest BCUT2D eigenvalue weighted by Gasteiger charge is 2.30. The Balaban J connectivity index is 2.41. The van der Waals surface area contributed by atoms with Gasteiger partial charge in [-0.15, -0.1) is 0 Å². The number of nitrogens with zero attached hydrogens (tertiary/aromatic N) is 2. The van der Waals surface area contributed by atoms with Gasteiger partial charge >= 0.3 is 0 Å². The monoisotopic (exact) mass is 327 g/mol. The molecular weight excluding hydrogens is 294 g/mol. The normalized spacial score (nSPS) is 23.0. The number of ether oxygens (including phenoxy) is 1. The van der Waals surface area contributed by atoms with E-state index in [4.69, 9.17) is 4.74 Å². The molecule has 0 bridgehead atoms. The minimum absolute atomic E-state index is 0.0522. The fourth-order valence-corrected chi connectivity index (χ4v) is 3.16. The Hall–Kier alpha value is -1.14. The molecule has 0 aliphatic carbocycles. The van der Waals surface area contributed by atoms with Crippen molar-refractivity contribution in [3.63, 3.8) is 0 Å². The molecule has 2 amide bonds. The van der Waals surface area contributed by atoms with Gasteiger partial charge in [0, 0.05) is 33.4 Å². The summed E-state index contributed by atoms with van der Waals surface area (Å²) in [6.45, 7) is 9.38. The summed E-state index contributed by atoms with van der Waals surface area (Å²) in [6.07, 6.45) is 1.97. The number of rotatable bonds is 8. The molecule has 0 spiro atoms. The van der Waals surface area contributed by atoms with Gasteiger partial charge in [0.25, 0.3) is 0 Å². The Bertz CT molecular complexity index is 379.